The Bertz CT molecular complexity index is 323. The van der Waals surface area contributed by atoms with Crippen molar-refractivity contribution in [3.63, 3.8) is 0 Å². The minimum absolute atomic E-state index is 0.459. The zero-order valence-electron chi connectivity index (χ0n) is 10.4. The Kier molecular flexibility index (Phi) is 5.35. The van der Waals surface area contributed by atoms with E-state index in [1.165, 1.54) is 12.8 Å². The Morgan fingerprint density at radius 1 is 1.41 bits per heavy atom. The Hall–Kier alpha value is -0.520. The van der Waals surface area contributed by atoms with Crippen LogP contribution in [0.5, 0.6) is 0 Å². The summed E-state index contributed by atoms with van der Waals surface area (Å²) >= 11 is 1.73. The van der Waals surface area contributed by atoms with Crippen molar-refractivity contribution in [2.45, 2.75) is 51.7 Å². The van der Waals surface area contributed by atoms with Crippen LogP contribution in [0.15, 0.2) is 0 Å². The molecule has 1 fully saturated rings. The molecule has 96 valence electrons. The highest BCUT2D eigenvalue weighted by atomic mass is 32.1. The summed E-state index contributed by atoms with van der Waals surface area (Å²) in [6, 6.07) is 0. The van der Waals surface area contributed by atoms with Crippen molar-refractivity contribution in [1.82, 2.24) is 15.5 Å². The van der Waals surface area contributed by atoms with Gasteiger partial charge in [-0.3, -0.25) is 0 Å². The second-order valence-electron chi connectivity index (χ2n) is 4.44. The SMILES string of the molecule is CCCNCc1nnc(CCC2CCCO2)s1. The van der Waals surface area contributed by atoms with E-state index in [-0.39, 0.29) is 0 Å². The molecule has 1 unspecified atom stereocenters. The van der Waals surface area contributed by atoms with Crippen LogP contribution in [0.25, 0.3) is 0 Å². The molecule has 0 aliphatic carbocycles. The smallest absolute Gasteiger partial charge is 0.131 e. The summed E-state index contributed by atoms with van der Waals surface area (Å²) in [5.41, 5.74) is 0. The van der Waals surface area contributed by atoms with Gasteiger partial charge in [0.2, 0.25) is 0 Å². The number of aromatic nitrogens is 2. The molecule has 0 amide bonds. The van der Waals surface area contributed by atoms with Crippen LogP contribution in [-0.2, 0) is 17.7 Å². The molecule has 1 aromatic rings. The van der Waals surface area contributed by atoms with E-state index in [0.29, 0.717) is 6.10 Å². The summed E-state index contributed by atoms with van der Waals surface area (Å²) in [5.74, 6) is 0. The fraction of sp³-hybridized carbons (Fsp3) is 0.833. The van der Waals surface area contributed by atoms with Crippen molar-refractivity contribution in [3.8, 4) is 0 Å². The predicted molar refractivity (Wildman–Crippen MR) is 69.2 cm³/mol. The lowest BCUT2D eigenvalue weighted by molar-refractivity contribution is 0.104. The fourth-order valence-electron chi connectivity index (χ4n) is 1.99. The molecule has 5 heteroatoms. The summed E-state index contributed by atoms with van der Waals surface area (Å²) in [6.07, 6.45) is 6.15. The van der Waals surface area contributed by atoms with E-state index in [9.17, 15) is 0 Å². The maximum Gasteiger partial charge on any atom is 0.131 e. The molecule has 1 aliphatic rings. The monoisotopic (exact) mass is 255 g/mol. The van der Waals surface area contributed by atoms with Gasteiger partial charge in [-0.25, -0.2) is 0 Å². The molecule has 4 nitrogen and oxygen atoms in total. The van der Waals surface area contributed by atoms with E-state index in [1.54, 1.807) is 11.3 Å². The molecule has 1 aromatic heterocycles. The van der Waals surface area contributed by atoms with Crippen LogP contribution in [0.3, 0.4) is 0 Å². The van der Waals surface area contributed by atoms with Gasteiger partial charge in [0.1, 0.15) is 10.0 Å². The number of hydrogen-bond acceptors (Lipinski definition) is 5. The number of hydrogen-bond donors (Lipinski definition) is 1. The molecule has 1 saturated heterocycles. The summed E-state index contributed by atoms with van der Waals surface area (Å²) in [5, 5.41) is 14.0. The first-order valence-corrected chi connectivity index (χ1v) is 7.33. The van der Waals surface area contributed by atoms with Gasteiger partial charge in [-0.15, -0.1) is 21.5 Å². The third kappa shape index (κ3) is 4.33. The van der Waals surface area contributed by atoms with E-state index in [0.717, 1.165) is 49.0 Å². The maximum absolute atomic E-state index is 5.61. The van der Waals surface area contributed by atoms with Crippen molar-refractivity contribution in [1.29, 1.82) is 0 Å². The molecule has 17 heavy (non-hydrogen) atoms. The number of nitrogens with zero attached hydrogens (tertiary/aromatic N) is 2. The standard InChI is InChI=1S/C12H21N3OS/c1-2-7-13-9-12-15-14-11(17-12)6-5-10-4-3-8-16-10/h10,13H,2-9H2,1H3. The average molecular weight is 255 g/mol. The quantitative estimate of drug-likeness (QED) is 0.758. The molecule has 0 radical (unpaired) electrons. The van der Waals surface area contributed by atoms with Crippen LogP contribution >= 0.6 is 11.3 Å². The Balaban J connectivity index is 1.69. The zero-order chi connectivity index (χ0) is 11.9. The minimum Gasteiger partial charge on any atom is -0.378 e. The van der Waals surface area contributed by atoms with Gasteiger partial charge in [0.05, 0.1) is 6.10 Å². The number of nitrogens with one attached hydrogen (secondary N) is 1. The third-order valence-electron chi connectivity index (χ3n) is 2.92. The van der Waals surface area contributed by atoms with Gasteiger partial charge in [-0.2, -0.15) is 0 Å². The maximum atomic E-state index is 5.61. The van der Waals surface area contributed by atoms with Gasteiger partial charge in [0.25, 0.3) is 0 Å². The van der Waals surface area contributed by atoms with E-state index in [4.69, 9.17) is 4.74 Å². The minimum atomic E-state index is 0.459. The zero-order valence-corrected chi connectivity index (χ0v) is 11.3. The summed E-state index contributed by atoms with van der Waals surface area (Å²) < 4.78 is 5.61. The van der Waals surface area contributed by atoms with Crippen molar-refractivity contribution in [2.24, 2.45) is 0 Å². The predicted octanol–water partition coefficient (Wildman–Crippen LogP) is 2.15. The van der Waals surface area contributed by atoms with Gasteiger partial charge in [0.15, 0.2) is 0 Å². The topological polar surface area (TPSA) is 47.0 Å². The van der Waals surface area contributed by atoms with Gasteiger partial charge < -0.3 is 10.1 Å². The van der Waals surface area contributed by atoms with E-state index >= 15 is 0 Å². The van der Waals surface area contributed by atoms with Gasteiger partial charge in [0, 0.05) is 19.6 Å². The Morgan fingerprint density at radius 3 is 3.06 bits per heavy atom. The van der Waals surface area contributed by atoms with Crippen LogP contribution in [0.2, 0.25) is 0 Å². The fourth-order valence-corrected chi connectivity index (χ4v) is 2.82. The van der Waals surface area contributed by atoms with E-state index in [1.807, 2.05) is 0 Å². The lowest BCUT2D eigenvalue weighted by Gasteiger charge is -2.06. The normalized spacial score (nSPS) is 19.9. The molecular weight excluding hydrogens is 234 g/mol. The van der Waals surface area contributed by atoms with E-state index < -0.39 is 0 Å². The van der Waals surface area contributed by atoms with Gasteiger partial charge in [-0.05, 0) is 32.2 Å². The molecule has 0 spiro atoms. The first-order chi connectivity index (χ1) is 8.38. The van der Waals surface area contributed by atoms with Gasteiger partial charge in [-0.1, -0.05) is 6.92 Å². The summed E-state index contributed by atoms with van der Waals surface area (Å²) in [7, 11) is 0. The number of ether oxygens (including phenoxy) is 1. The van der Waals surface area contributed by atoms with Gasteiger partial charge >= 0.3 is 0 Å². The van der Waals surface area contributed by atoms with Crippen LogP contribution in [0.1, 0.15) is 42.6 Å². The molecule has 2 rings (SSSR count). The molecule has 1 N–H and O–H groups in total. The van der Waals surface area contributed by atoms with Crippen molar-refractivity contribution in [3.05, 3.63) is 10.0 Å². The van der Waals surface area contributed by atoms with Crippen LogP contribution in [0.4, 0.5) is 0 Å². The summed E-state index contributed by atoms with van der Waals surface area (Å²) in [6.45, 7) is 5.00. The molecule has 0 saturated carbocycles. The second kappa shape index (κ2) is 7.03. The first kappa shape index (κ1) is 12.9. The van der Waals surface area contributed by atoms with E-state index in [2.05, 4.69) is 22.4 Å². The third-order valence-corrected chi connectivity index (χ3v) is 3.90. The average Bonchev–Trinajstić information content (AvgIpc) is 2.98. The molecular formula is C12H21N3OS. The highest BCUT2D eigenvalue weighted by Gasteiger charge is 2.16. The molecule has 0 aromatic carbocycles. The lowest BCUT2D eigenvalue weighted by Crippen LogP contribution is -2.13. The Morgan fingerprint density at radius 2 is 2.29 bits per heavy atom. The largest absolute Gasteiger partial charge is 0.378 e. The molecule has 2 heterocycles. The lowest BCUT2D eigenvalue weighted by atomic mass is 10.1. The van der Waals surface area contributed by atoms with Crippen molar-refractivity contribution < 1.29 is 4.74 Å². The number of rotatable bonds is 7. The first-order valence-electron chi connectivity index (χ1n) is 6.52. The Labute approximate surface area is 107 Å². The van der Waals surface area contributed by atoms with Crippen LogP contribution in [-0.4, -0.2) is 29.5 Å². The van der Waals surface area contributed by atoms with Crippen molar-refractivity contribution in [2.75, 3.05) is 13.2 Å². The van der Waals surface area contributed by atoms with Crippen molar-refractivity contribution >= 4 is 11.3 Å². The molecule has 0 bridgehead atoms. The van der Waals surface area contributed by atoms with Crippen LogP contribution in [0, 0.1) is 0 Å². The highest BCUT2D eigenvalue weighted by molar-refractivity contribution is 7.11. The van der Waals surface area contributed by atoms with Crippen LogP contribution < -0.4 is 5.32 Å². The molecule has 1 atom stereocenters. The second-order valence-corrected chi connectivity index (χ2v) is 5.59. The summed E-state index contributed by atoms with van der Waals surface area (Å²) in [4.78, 5) is 0. The molecule has 1 aliphatic heterocycles. The number of aryl methyl sites for hydroxylation is 1. The highest BCUT2D eigenvalue weighted by Crippen LogP contribution is 2.19.